The van der Waals surface area contributed by atoms with E-state index in [9.17, 15) is 5.11 Å². The van der Waals surface area contributed by atoms with Crippen LogP contribution in [0, 0.1) is 11.3 Å². The molecule has 0 aliphatic heterocycles. The third-order valence-electron chi connectivity index (χ3n) is 2.80. The molecule has 3 N–H and O–H groups in total. The number of aliphatic hydroxyl groups excluding tert-OH is 1. The zero-order valence-electron chi connectivity index (χ0n) is 7.67. The molecule has 2 heteroatoms. The molecule has 11 heavy (non-hydrogen) atoms. The Hall–Kier alpha value is -0.0800. The first-order chi connectivity index (χ1) is 4.91. The van der Waals surface area contributed by atoms with Gasteiger partial charge in [-0.1, -0.05) is 20.8 Å². The first-order valence-electron chi connectivity index (χ1n) is 4.35. The SMILES string of the molecule is CC(C)(C)C1CC(N)C(O)C1. The van der Waals surface area contributed by atoms with Gasteiger partial charge in [0.15, 0.2) is 0 Å². The van der Waals surface area contributed by atoms with Crippen LogP contribution in [-0.2, 0) is 0 Å². The van der Waals surface area contributed by atoms with Crippen LogP contribution in [0.25, 0.3) is 0 Å². The van der Waals surface area contributed by atoms with E-state index >= 15 is 0 Å². The molecule has 0 bridgehead atoms. The van der Waals surface area contributed by atoms with Gasteiger partial charge in [0.1, 0.15) is 0 Å². The highest BCUT2D eigenvalue weighted by Crippen LogP contribution is 2.38. The average Bonchev–Trinajstić information content (AvgIpc) is 2.11. The molecule has 0 radical (unpaired) electrons. The van der Waals surface area contributed by atoms with Gasteiger partial charge in [-0.2, -0.15) is 0 Å². The summed E-state index contributed by atoms with van der Waals surface area (Å²) in [6.07, 6.45) is 1.59. The molecule has 1 rings (SSSR count). The van der Waals surface area contributed by atoms with E-state index in [-0.39, 0.29) is 12.1 Å². The Bertz CT molecular complexity index is 129. The highest BCUT2D eigenvalue weighted by molar-refractivity contribution is 4.90. The number of nitrogens with two attached hydrogens (primary N) is 1. The van der Waals surface area contributed by atoms with Crippen LogP contribution in [0.2, 0.25) is 0 Å². The maximum Gasteiger partial charge on any atom is 0.0694 e. The van der Waals surface area contributed by atoms with Crippen molar-refractivity contribution in [2.75, 3.05) is 0 Å². The van der Waals surface area contributed by atoms with Gasteiger partial charge in [-0.15, -0.1) is 0 Å². The van der Waals surface area contributed by atoms with Crippen molar-refractivity contribution < 1.29 is 5.11 Å². The van der Waals surface area contributed by atoms with Crippen LogP contribution in [0.4, 0.5) is 0 Å². The summed E-state index contributed by atoms with van der Waals surface area (Å²) >= 11 is 0. The Balaban J connectivity index is 2.54. The first-order valence-corrected chi connectivity index (χ1v) is 4.35. The summed E-state index contributed by atoms with van der Waals surface area (Å²) < 4.78 is 0. The standard InChI is InChI=1S/C9H19NO/c1-9(2,3)6-4-7(10)8(11)5-6/h6-8,11H,4-5,10H2,1-3H3. The van der Waals surface area contributed by atoms with Gasteiger partial charge >= 0.3 is 0 Å². The summed E-state index contributed by atoms with van der Waals surface area (Å²) in [5, 5.41) is 9.41. The molecule has 1 aliphatic carbocycles. The van der Waals surface area contributed by atoms with Crippen LogP contribution in [-0.4, -0.2) is 17.3 Å². The molecule has 66 valence electrons. The number of rotatable bonds is 0. The third kappa shape index (κ3) is 1.94. The lowest BCUT2D eigenvalue weighted by Crippen LogP contribution is -2.28. The molecule has 0 aromatic heterocycles. The Morgan fingerprint density at radius 2 is 1.82 bits per heavy atom. The Kier molecular flexibility index (Phi) is 2.26. The van der Waals surface area contributed by atoms with Crippen LogP contribution >= 0.6 is 0 Å². The van der Waals surface area contributed by atoms with Crippen molar-refractivity contribution in [3.05, 3.63) is 0 Å². The van der Waals surface area contributed by atoms with Gasteiger partial charge in [-0.3, -0.25) is 0 Å². The van der Waals surface area contributed by atoms with Gasteiger partial charge in [0.05, 0.1) is 6.10 Å². The fraction of sp³-hybridized carbons (Fsp3) is 1.00. The molecule has 0 amide bonds. The van der Waals surface area contributed by atoms with E-state index in [1.54, 1.807) is 0 Å². The lowest BCUT2D eigenvalue weighted by atomic mass is 9.79. The lowest BCUT2D eigenvalue weighted by Gasteiger charge is -2.26. The van der Waals surface area contributed by atoms with Gasteiger partial charge < -0.3 is 10.8 Å². The zero-order valence-corrected chi connectivity index (χ0v) is 7.67. The van der Waals surface area contributed by atoms with Crippen molar-refractivity contribution in [1.29, 1.82) is 0 Å². The van der Waals surface area contributed by atoms with Gasteiger partial charge in [0, 0.05) is 6.04 Å². The maximum absolute atomic E-state index is 9.41. The second-order valence-electron chi connectivity index (χ2n) is 4.77. The monoisotopic (exact) mass is 157 g/mol. The lowest BCUT2D eigenvalue weighted by molar-refractivity contribution is 0.148. The molecule has 2 nitrogen and oxygen atoms in total. The van der Waals surface area contributed by atoms with Crippen molar-refractivity contribution in [2.45, 2.75) is 45.8 Å². The summed E-state index contributed by atoms with van der Waals surface area (Å²) in [6, 6.07) is 0.0132. The third-order valence-corrected chi connectivity index (χ3v) is 2.80. The molecule has 1 fully saturated rings. The Morgan fingerprint density at radius 1 is 1.27 bits per heavy atom. The van der Waals surface area contributed by atoms with Crippen LogP contribution in [0.5, 0.6) is 0 Å². The quantitative estimate of drug-likeness (QED) is 0.553. The summed E-state index contributed by atoms with van der Waals surface area (Å²) in [6.45, 7) is 6.63. The molecular formula is C9H19NO. The number of hydrogen-bond donors (Lipinski definition) is 2. The molecule has 1 saturated carbocycles. The van der Waals surface area contributed by atoms with Crippen molar-refractivity contribution in [2.24, 2.45) is 17.1 Å². The van der Waals surface area contributed by atoms with Crippen LogP contribution in [0.3, 0.4) is 0 Å². The van der Waals surface area contributed by atoms with E-state index in [0.29, 0.717) is 11.3 Å². The van der Waals surface area contributed by atoms with E-state index in [4.69, 9.17) is 5.73 Å². The van der Waals surface area contributed by atoms with E-state index in [1.807, 2.05) is 0 Å². The van der Waals surface area contributed by atoms with E-state index in [2.05, 4.69) is 20.8 Å². The largest absolute Gasteiger partial charge is 0.392 e. The van der Waals surface area contributed by atoms with Crippen LogP contribution < -0.4 is 5.73 Å². The van der Waals surface area contributed by atoms with Gasteiger partial charge in [0.25, 0.3) is 0 Å². The van der Waals surface area contributed by atoms with Gasteiger partial charge in [-0.25, -0.2) is 0 Å². The van der Waals surface area contributed by atoms with E-state index < -0.39 is 0 Å². The molecule has 0 heterocycles. The Morgan fingerprint density at radius 3 is 2.00 bits per heavy atom. The highest BCUT2D eigenvalue weighted by Gasteiger charge is 2.36. The minimum atomic E-state index is -0.265. The predicted molar refractivity (Wildman–Crippen MR) is 46.2 cm³/mol. The molecule has 0 spiro atoms. The zero-order chi connectivity index (χ0) is 8.65. The summed E-state index contributed by atoms with van der Waals surface area (Å²) in [5.74, 6) is 0.590. The average molecular weight is 157 g/mol. The summed E-state index contributed by atoms with van der Waals surface area (Å²) in [4.78, 5) is 0. The van der Waals surface area contributed by atoms with Crippen molar-refractivity contribution in [1.82, 2.24) is 0 Å². The topological polar surface area (TPSA) is 46.2 Å². The van der Waals surface area contributed by atoms with Crippen molar-refractivity contribution in [3.63, 3.8) is 0 Å². The number of aliphatic hydroxyl groups is 1. The van der Waals surface area contributed by atoms with Crippen LogP contribution in [0.15, 0.2) is 0 Å². The highest BCUT2D eigenvalue weighted by atomic mass is 16.3. The minimum Gasteiger partial charge on any atom is -0.392 e. The second kappa shape index (κ2) is 2.76. The second-order valence-corrected chi connectivity index (χ2v) is 4.77. The van der Waals surface area contributed by atoms with Crippen LogP contribution in [0.1, 0.15) is 33.6 Å². The fourth-order valence-corrected chi connectivity index (χ4v) is 1.76. The molecule has 0 saturated heterocycles. The van der Waals surface area contributed by atoms with Crippen molar-refractivity contribution >= 4 is 0 Å². The maximum atomic E-state index is 9.41. The molecule has 3 unspecified atom stereocenters. The first kappa shape index (κ1) is 9.01. The molecule has 0 aromatic carbocycles. The normalized spacial score (nSPS) is 39.5. The smallest absolute Gasteiger partial charge is 0.0694 e. The van der Waals surface area contributed by atoms with E-state index in [1.165, 1.54) is 0 Å². The summed E-state index contributed by atoms with van der Waals surface area (Å²) in [5.41, 5.74) is 6.02. The van der Waals surface area contributed by atoms with Crippen molar-refractivity contribution in [3.8, 4) is 0 Å². The Labute approximate surface area is 68.8 Å². The van der Waals surface area contributed by atoms with E-state index in [0.717, 1.165) is 12.8 Å². The summed E-state index contributed by atoms with van der Waals surface area (Å²) in [7, 11) is 0. The predicted octanol–water partition coefficient (Wildman–Crippen LogP) is 1.13. The molecular weight excluding hydrogens is 138 g/mol. The molecule has 3 atom stereocenters. The fourth-order valence-electron chi connectivity index (χ4n) is 1.76. The number of hydrogen-bond acceptors (Lipinski definition) is 2. The van der Waals surface area contributed by atoms with Gasteiger partial charge in [-0.05, 0) is 24.2 Å². The minimum absolute atomic E-state index is 0.0132. The molecule has 1 aliphatic rings. The van der Waals surface area contributed by atoms with Gasteiger partial charge in [0.2, 0.25) is 0 Å². The molecule has 0 aromatic rings.